The lowest BCUT2D eigenvalue weighted by Gasteiger charge is -2.33. The molecule has 1 unspecified atom stereocenters. The Balaban J connectivity index is 1.65. The predicted molar refractivity (Wildman–Crippen MR) is 99.0 cm³/mol. The van der Waals surface area contributed by atoms with Crippen molar-refractivity contribution in [1.29, 1.82) is 0 Å². The van der Waals surface area contributed by atoms with Gasteiger partial charge in [-0.05, 0) is 39.0 Å². The summed E-state index contributed by atoms with van der Waals surface area (Å²) < 4.78 is 5.18. The molecule has 0 saturated carbocycles. The molecule has 0 aliphatic carbocycles. The first kappa shape index (κ1) is 18.4. The highest BCUT2D eigenvalue weighted by molar-refractivity contribution is 5.79. The maximum atomic E-state index is 12.8. The normalized spacial score (nSPS) is 17.4. The Kier molecular flexibility index (Phi) is 5.54. The first-order valence-electron chi connectivity index (χ1n) is 9.12. The number of nitrogens with zero attached hydrogens (tertiary/aromatic N) is 5. The van der Waals surface area contributed by atoms with E-state index in [0.717, 1.165) is 60.9 Å². The number of hydrogen-bond donors (Lipinski definition) is 0. The van der Waals surface area contributed by atoms with Crippen LogP contribution in [0.1, 0.15) is 35.6 Å². The van der Waals surface area contributed by atoms with Crippen LogP contribution in [-0.2, 0) is 17.6 Å². The zero-order valence-corrected chi connectivity index (χ0v) is 16.0. The van der Waals surface area contributed by atoms with Gasteiger partial charge in [0.1, 0.15) is 11.6 Å². The molecule has 3 rings (SSSR count). The van der Waals surface area contributed by atoms with Crippen molar-refractivity contribution in [2.45, 2.75) is 39.5 Å². The van der Waals surface area contributed by atoms with E-state index in [4.69, 9.17) is 4.52 Å². The molecule has 7 nitrogen and oxygen atoms in total. The summed E-state index contributed by atoms with van der Waals surface area (Å²) in [7, 11) is 3.96. The van der Waals surface area contributed by atoms with Crippen LogP contribution in [0.5, 0.6) is 0 Å². The Morgan fingerprint density at radius 1 is 1.31 bits per heavy atom. The third kappa shape index (κ3) is 4.03. The number of piperidine rings is 1. The number of rotatable bonds is 5. The molecular weight excluding hydrogens is 330 g/mol. The average molecular weight is 357 g/mol. The van der Waals surface area contributed by atoms with Gasteiger partial charge < -0.3 is 14.3 Å². The monoisotopic (exact) mass is 357 g/mol. The Morgan fingerprint density at radius 2 is 2.08 bits per heavy atom. The van der Waals surface area contributed by atoms with Gasteiger partial charge in [0.2, 0.25) is 5.91 Å². The van der Waals surface area contributed by atoms with Gasteiger partial charge in [-0.1, -0.05) is 5.16 Å². The minimum absolute atomic E-state index is 0.149. The fourth-order valence-electron chi connectivity index (χ4n) is 3.63. The molecule has 2 aromatic rings. The maximum absolute atomic E-state index is 12.8. The summed E-state index contributed by atoms with van der Waals surface area (Å²) in [6.07, 6.45) is 6.80. The first-order chi connectivity index (χ1) is 12.5. The zero-order chi connectivity index (χ0) is 18.7. The smallest absolute Gasteiger partial charge is 0.227 e. The zero-order valence-electron chi connectivity index (χ0n) is 16.0. The highest BCUT2D eigenvalue weighted by Gasteiger charge is 2.26. The number of aromatic nitrogens is 3. The molecule has 0 radical (unpaired) electrons. The number of hydrogen-bond acceptors (Lipinski definition) is 6. The van der Waals surface area contributed by atoms with E-state index in [1.807, 2.05) is 37.7 Å². The standard InChI is InChI=1S/C19H27N5O2/c1-13-16(14(2)26-22-13)11-18(25)24-9-5-6-15(12-24)10-17-19(23(3)4)21-8-7-20-17/h7-8,15H,5-6,9-12H2,1-4H3. The number of carbonyl (C=O) groups is 1. The fraction of sp³-hybridized carbons (Fsp3) is 0.579. The van der Waals surface area contributed by atoms with Gasteiger partial charge in [0, 0.05) is 45.1 Å². The molecule has 1 aliphatic heterocycles. The van der Waals surface area contributed by atoms with E-state index in [2.05, 4.69) is 15.1 Å². The number of anilines is 1. The third-order valence-electron chi connectivity index (χ3n) is 5.04. The van der Waals surface area contributed by atoms with Crippen molar-refractivity contribution in [2.24, 2.45) is 5.92 Å². The van der Waals surface area contributed by atoms with Gasteiger partial charge in [0.25, 0.3) is 0 Å². The second-order valence-corrected chi connectivity index (χ2v) is 7.25. The summed E-state index contributed by atoms with van der Waals surface area (Å²) in [5.74, 6) is 2.20. The molecular formula is C19H27N5O2. The van der Waals surface area contributed by atoms with Crippen LogP contribution in [0, 0.1) is 19.8 Å². The van der Waals surface area contributed by atoms with Crippen molar-refractivity contribution in [1.82, 2.24) is 20.0 Å². The minimum atomic E-state index is 0.149. The molecule has 1 atom stereocenters. The summed E-state index contributed by atoms with van der Waals surface area (Å²) in [5.41, 5.74) is 2.73. The highest BCUT2D eigenvalue weighted by Crippen LogP contribution is 2.24. The molecule has 3 heterocycles. The molecule has 7 heteroatoms. The second-order valence-electron chi connectivity index (χ2n) is 7.25. The summed E-state index contributed by atoms with van der Waals surface area (Å²) >= 11 is 0. The van der Waals surface area contributed by atoms with Gasteiger partial charge in [-0.15, -0.1) is 0 Å². The molecule has 1 aliphatic rings. The number of amides is 1. The van der Waals surface area contributed by atoms with Gasteiger partial charge in [-0.2, -0.15) is 0 Å². The van der Waals surface area contributed by atoms with Gasteiger partial charge in [0.05, 0.1) is 17.8 Å². The molecule has 1 saturated heterocycles. The van der Waals surface area contributed by atoms with Crippen LogP contribution >= 0.6 is 0 Å². The maximum Gasteiger partial charge on any atom is 0.227 e. The van der Waals surface area contributed by atoms with Gasteiger partial charge in [-0.25, -0.2) is 4.98 Å². The summed E-state index contributed by atoms with van der Waals surface area (Å²) in [5, 5.41) is 3.95. The molecule has 0 spiro atoms. The Labute approximate surface area is 154 Å². The van der Waals surface area contributed by atoms with Crippen molar-refractivity contribution < 1.29 is 9.32 Å². The molecule has 26 heavy (non-hydrogen) atoms. The molecule has 0 N–H and O–H groups in total. The lowest BCUT2D eigenvalue weighted by atomic mass is 9.92. The van der Waals surface area contributed by atoms with Crippen molar-refractivity contribution in [3.8, 4) is 0 Å². The Morgan fingerprint density at radius 3 is 2.77 bits per heavy atom. The Bertz CT molecular complexity index is 752. The quantitative estimate of drug-likeness (QED) is 0.816. The average Bonchev–Trinajstić information content (AvgIpc) is 2.94. The largest absolute Gasteiger partial charge is 0.361 e. The number of aryl methyl sites for hydroxylation is 2. The summed E-state index contributed by atoms with van der Waals surface area (Å²) in [4.78, 5) is 25.7. The summed E-state index contributed by atoms with van der Waals surface area (Å²) in [6, 6.07) is 0. The van der Waals surface area contributed by atoms with E-state index in [1.54, 1.807) is 12.4 Å². The van der Waals surface area contributed by atoms with Crippen LogP contribution in [0.25, 0.3) is 0 Å². The number of carbonyl (C=O) groups excluding carboxylic acids is 1. The topological polar surface area (TPSA) is 75.4 Å². The second kappa shape index (κ2) is 7.85. The summed E-state index contributed by atoms with van der Waals surface area (Å²) in [6.45, 7) is 5.33. The fourth-order valence-corrected chi connectivity index (χ4v) is 3.63. The molecule has 1 fully saturated rings. The van der Waals surface area contributed by atoms with E-state index in [-0.39, 0.29) is 5.91 Å². The highest BCUT2D eigenvalue weighted by atomic mass is 16.5. The van der Waals surface area contributed by atoms with Crippen LogP contribution in [0.2, 0.25) is 0 Å². The van der Waals surface area contributed by atoms with Crippen LogP contribution in [0.4, 0.5) is 5.82 Å². The molecule has 0 bridgehead atoms. The SMILES string of the molecule is Cc1noc(C)c1CC(=O)N1CCCC(Cc2nccnc2N(C)C)C1. The molecule has 2 aromatic heterocycles. The third-order valence-corrected chi connectivity index (χ3v) is 5.04. The van der Waals surface area contributed by atoms with Crippen LogP contribution in [-0.4, -0.2) is 53.1 Å². The van der Waals surface area contributed by atoms with E-state index in [9.17, 15) is 4.79 Å². The Hall–Kier alpha value is -2.44. The number of likely N-dealkylation sites (tertiary alicyclic amines) is 1. The van der Waals surface area contributed by atoms with Crippen molar-refractivity contribution in [3.05, 3.63) is 35.1 Å². The first-order valence-corrected chi connectivity index (χ1v) is 9.12. The van der Waals surface area contributed by atoms with E-state index < -0.39 is 0 Å². The van der Waals surface area contributed by atoms with Crippen molar-refractivity contribution in [2.75, 3.05) is 32.1 Å². The van der Waals surface area contributed by atoms with E-state index in [1.165, 1.54) is 0 Å². The van der Waals surface area contributed by atoms with Gasteiger partial charge in [0.15, 0.2) is 0 Å². The van der Waals surface area contributed by atoms with Gasteiger partial charge in [-0.3, -0.25) is 9.78 Å². The lowest BCUT2D eigenvalue weighted by molar-refractivity contribution is -0.132. The lowest BCUT2D eigenvalue weighted by Crippen LogP contribution is -2.41. The van der Waals surface area contributed by atoms with Crippen molar-refractivity contribution >= 4 is 11.7 Å². The van der Waals surface area contributed by atoms with Crippen LogP contribution in [0.15, 0.2) is 16.9 Å². The van der Waals surface area contributed by atoms with Crippen molar-refractivity contribution in [3.63, 3.8) is 0 Å². The van der Waals surface area contributed by atoms with Gasteiger partial charge >= 0.3 is 0 Å². The van der Waals surface area contributed by atoms with E-state index in [0.29, 0.717) is 12.3 Å². The van der Waals surface area contributed by atoms with E-state index >= 15 is 0 Å². The molecule has 0 aromatic carbocycles. The molecule has 1 amide bonds. The van der Waals surface area contributed by atoms with Crippen LogP contribution in [0.3, 0.4) is 0 Å². The predicted octanol–water partition coefficient (Wildman–Crippen LogP) is 2.17. The molecule has 140 valence electrons. The van der Waals surface area contributed by atoms with Crippen LogP contribution < -0.4 is 4.90 Å². The minimum Gasteiger partial charge on any atom is -0.361 e.